The fourth-order valence-corrected chi connectivity index (χ4v) is 3.09. The van der Waals surface area contributed by atoms with E-state index < -0.39 is 0 Å². The van der Waals surface area contributed by atoms with E-state index in [0.29, 0.717) is 12.2 Å². The highest BCUT2D eigenvalue weighted by Gasteiger charge is 2.26. The highest BCUT2D eigenvalue weighted by atomic mass is 16.2. The van der Waals surface area contributed by atoms with Gasteiger partial charge >= 0.3 is 0 Å². The molecule has 3 rings (SSSR count). The molecule has 0 unspecified atom stereocenters. The molecule has 0 N–H and O–H groups in total. The summed E-state index contributed by atoms with van der Waals surface area (Å²) >= 11 is 0. The largest absolute Gasteiger partial charge is 0.335 e. The number of carbonyl (C=O) groups is 1. The molecule has 2 aromatic rings. The lowest BCUT2D eigenvalue weighted by atomic mass is 10.2. The molecule has 1 aliphatic heterocycles. The minimum atomic E-state index is 0.0568. The van der Waals surface area contributed by atoms with Crippen LogP contribution in [0.5, 0.6) is 0 Å². The molecular formula is C17H25N5O. The van der Waals surface area contributed by atoms with Gasteiger partial charge in [0.25, 0.3) is 5.91 Å². The summed E-state index contributed by atoms with van der Waals surface area (Å²) < 4.78 is 2.02. The van der Waals surface area contributed by atoms with Gasteiger partial charge in [-0.15, -0.1) is 0 Å². The Morgan fingerprint density at radius 3 is 2.61 bits per heavy atom. The first kappa shape index (κ1) is 16.0. The number of fused-ring (bicyclic) bond motifs is 1. The van der Waals surface area contributed by atoms with Crippen LogP contribution >= 0.6 is 0 Å². The lowest BCUT2D eigenvalue weighted by Gasteiger charge is -2.33. The van der Waals surface area contributed by atoms with Crippen LogP contribution in [0.3, 0.4) is 0 Å². The molecule has 0 bridgehead atoms. The molecule has 2 aromatic heterocycles. The van der Waals surface area contributed by atoms with Crippen LogP contribution in [0.15, 0.2) is 24.4 Å². The van der Waals surface area contributed by atoms with Crippen LogP contribution in [-0.2, 0) is 6.54 Å². The molecule has 0 atom stereocenters. The molecular weight excluding hydrogens is 290 g/mol. The van der Waals surface area contributed by atoms with Gasteiger partial charge in [0.15, 0.2) is 5.69 Å². The van der Waals surface area contributed by atoms with Crippen molar-refractivity contribution in [1.82, 2.24) is 24.1 Å². The van der Waals surface area contributed by atoms with Gasteiger partial charge in [-0.05, 0) is 32.8 Å². The van der Waals surface area contributed by atoms with E-state index in [9.17, 15) is 4.79 Å². The predicted molar refractivity (Wildman–Crippen MR) is 90.6 cm³/mol. The molecule has 23 heavy (non-hydrogen) atoms. The summed E-state index contributed by atoms with van der Waals surface area (Å²) in [5.41, 5.74) is 2.39. The second kappa shape index (κ2) is 6.68. The fraction of sp³-hybridized carbons (Fsp3) is 0.529. The number of rotatable bonds is 4. The Bertz CT molecular complexity index is 685. The van der Waals surface area contributed by atoms with Crippen molar-refractivity contribution in [2.75, 3.05) is 46.8 Å². The zero-order valence-electron chi connectivity index (χ0n) is 14.2. The first-order valence-electron chi connectivity index (χ1n) is 8.22. The van der Waals surface area contributed by atoms with E-state index in [1.54, 1.807) is 0 Å². The number of hydrogen-bond donors (Lipinski definition) is 0. The number of hydrogen-bond acceptors (Lipinski definition) is 4. The SMILES string of the molecule is CCN1CCN(C(=O)c2nc3ccccn3c2CN(C)C)CC1. The van der Waals surface area contributed by atoms with E-state index in [1.807, 2.05) is 47.8 Å². The summed E-state index contributed by atoms with van der Waals surface area (Å²) in [4.78, 5) is 24.0. The number of amides is 1. The number of piperazine rings is 1. The van der Waals surface area contributed by atoms with Crippen molar-refractivity contribution >= 4 is 11.6 Å². The Morgan fingerprint density at radius 1 is 1.22 bits per heavy atom. The first-order valence-corrected chi connectivity index (χ1v) is 8.22. The summed E-state index contributed by atoms with van der Waals surface area (Å²) in [7, 11) is 4.02. The Morgan fingerprint density at radius 2 is 1.96 bits per heavy atom. The molecule has 1 fully saturated rings. The molecule has 0 spiro atoms. The van der Waals surface area contributed by atoms with E-state index >= 15 is 0 Å². The van der Waals surface area contributed by atoms with E-state index in [4.69, 9.17) is 0 Å². The Labute approximate surface area is 137 Å². The summed E-state index contributed by atoms with van der Waals surface area (Å²) in [5.74, 6) is 0.0568. The van der Waals surface area contributed by atoms with E-state index in [0.717, 1.165) is 44.1 Å². The number of likely N-dealkylation sites (N-methyl/N-ethyl adjacent to an activating group) is 1. The zero-order chi connectivity index (χ0) is 16.4. The second-order valence-electron chi connectivity index (χ2n) is 6.30. The number of nitrogens with zero attached hydrogens (tertiary/aromatic N) is 5. The van der Waals surface area contributed by atoms with Crippen LogP contribution in [0.25, 0.3) is 5.65 Å². The molecule has 0 aliphatic carbocycles. The van der Waals surface area contributed by atoms with Gasteiger partial charge in [-0.3, -0.25) is 4.79 Å². The third-order valence-corrected chi connectivity index (χ3v) is 4.40. The molecule has 6 heteroatoms. The van der Waals surface area contributed by atoms with Crippen molar-refractivity contribution in [3.05, 3.63) is 35.8 Å². The first-order chi connectivity index (χ1) is 11.1. The lowest BCUT2D eigenvalue weighted by molar-refractivity contribution is 0.0636. The third-order valence-electron chi connectivity index (χ3n) is 4.40. The van der Waals surface area contributed by atoms with Crippen LogP contribution in [0.4, 0.5) is 0 Å². The molecule has 0 radical (unpaired) electrons. The van der Waals surface area contributed by atoms with Gasteiger partial charge in [-0.1, -0.05) is 13.0 Å². The van der Waals surface area contributed by atoms with Crippen molar-refractivity contribution in [2.24, 2.45) is 0 Å². The van der Waals surface area contributed by atoms with Gasteiger partial charge in [0.2, 0.25) is 0 Å². The third kappa shape index (κ3) is 3.23. The van der Waals surface area contributed by atoms with Crippen LogP contribution in [0.2, 0.25) is 0 Å². The average Bonchev–Trinajstić information content (AvgIpc) is 2.92. The predicted octanol–water partition coefficient (Wildman–Crippen LogP) is 1.17. The zero-order valence-corrected chi connectivity index (χ0v) is 14.2. The van der Waals surface area contributed by atoms with Gasteiger partial charge in [0, 0.05) is 38.9 Å². The smallest absolute Gasteiger partial charge is 0.274 e. The minimum Gasteiger partial charge on any atom is -0.335 e. The topological polar surface area (TPSA) is 44.1 Å². The van der Waals surface area contributed by atoms with Crippen LogP contribution in [-0.4, -0.2) is 76.8 Å². The van der Waals surface area contributed by atoms with Crippen molar-refractivity contribution in [3.8, 4) is 0 Å². The molecule has 3 heterocycles. The molecule has 0 aromatic carbocycles. The van der Waals surface area contributed by atoms with E-state index in [-0.39, 0.29) is 5.91 Å². The van der Waals surface area contributed by atoms with Crippen molar-refractivity contribution < 1.29 is 4.79 Å². The summed E-state index contributed by atoms with van der Waals surface area (Å²) in [5, 5.41) is 0. The van der Waals surface area contributed by atoms with E-state index in [1.165, 1.54) is 0 Å². The second-order valence-corrected chi connectivity index (χ2v) is 6.30. The molecule has 0 saturated carbocycles. The normalized spacial score (nSPS) is 16.4. The van der Waals surface area contributed by atoms with Crippen LogP contribution in [0.1, 0.15) is 23.1 Å². The molecule has 124 valence electrons. The molecule has 1 aliphatic rings. The van der Waals surface area contributed by atoms with Gasteiger partial charge in [0.1, 0.15) is 5.65 Å². The summed E-state index contributed by atoms with van der Waals surface area (Å²) in [6, 6.07) is 5.88. The highest BCUT2D eigenvalue weighted by Crippen LogP contribution is 2.17. The van der Waals surface area contributed by atoms with Gasteiger partial charge in [0.05, 0.1) is 5.69 Å². The van der Waals surface area contributed by atoms with Crippen LogP contribution in [0, 0.1) is 0 Å². The monoisotopic (exact) mass is 315 g/mol. The number of imidazole rings is 1. The fourth-order valence-electron chi connectivity index (χ4n) is 3.09. The highest BCUT2D eigenvalue weighted by molar-refractivity contribution is 5.94. The number of aromatic nitrogens is 2. The van der Waals surface area contributed by atoms with Gasteiger partial charge in [-0.2, -0.15) is 0 Å². The number of pyridine rings is 1. The Kier molecular flexibility index (Phi) is 4.63. The van der Waals surface area contributed by atoms with Crippen molar-refractivity contribution in [2.45, 2.75) is 13.5 Å². The van der Waals surface area contributed by atoms with E-state index in [2.05, 4.69) is 21.7 Å². The average molecular weight is 315 g/mol. The Hall–Kier alpha value is -1.92. The quantitative estimate of drug-likeness (QED) is 0.850. The standard InChI is InChI=1S/C17H25N5O/c1-4-20-9-11-21(12-10-20)17(23)16-14(13-19(2)3)22-8-6-5-7-15(22)18-16/h5-8H,4,9-13H2,1-3H3. The minimum absolute atomic E-state index is 0.0568. The van der Waals surface area contributed by atoms with Crippen molar-refractivity contribution in [1.29, 1.82) is 0 Å². The lowest BCUT2D eigenvalue weighted by Crippen LogP contribution is -2.48. The summed E-state index contributed by atoms with van der Waals surface area (Å²) in [6.07, 6.45) is 1.98. The van der Waals surface area contributed by atoms with Crippen LogP contribution < -0.4 is 0 Å². The summed E-state index contributed by atoms with van der Waals surface area (Å²) in [6.45, 7) is 7.35. The Balaban J connectivity index is 1.90. The molecule has 6 nitrogen and oxygen atoms in total. The van der Waals surface area contributed by atoms with Gasteiger partial charge in [-0.25, -0.2) is 4.98 Å². The maximum absolute atomic E-state index is 13.0. The maximum atomic E-state index is 13.0. The van der Waals surface area contributed by atoms with Crippen molar-refractivity contribution in [3.63, 3.8) is 0 Å². The van der Waals surface area contributed by atoms with Gasteiger partial charge < -0.3 is 19.1 Å². The number of carbonyl (C=O) groups excluding carboxylic acids is 1. The maximum Gasteiger partial charge on any atom is 0.274 e. The molecule has 1 saturated heterocycles. The molecule has 1 amide bonds.